The highest BCUT2D eigenvalue weighted by Crippen LogP contribution is 2.48. The van der Waals surface area contributed by atoms with Crippen LogP contribution in [-0.4, -0.2) is 49.1 Å². The molecule has 3 aliphatic heterocycles. The molecule has 0 saturated heterocycles. The molecule has 0 bridgehead atoms. The highest BCUT2D eigenvalue weighted by molar-refractivity contribution is 5.60. The van der Waals surface area contributed by atoms with E-state index < -0.39 is 0 Å². The molecule has 6 rings (SSSR count). The van der Waals surface area contributed by atoms with Gasteiger partial charge in [-0.25, -0.2) is 4.98 Å². The molecular weight excluding hydrogens is 446 g/mol. The Kier molecular flexibility index (Phi) is 5.41. The van der Waals surface area contributed by atoms with Gasteiger partial charge in [0.25, 0.3) is 0 Å². The molecule has 7 heteroatoms. The molecule has 0 radical (unpaired) electrons. The monoisotopic (exact) mass is 485 g/mol. The first-order valence-electron chi connectivity index (χ1n) is 13.4. The van der Waals surface area contributed by atoms with Gasteiger partial charge in [0, 0.05) is 75.0 Å². The van der Waals surface area contributed by atoms with Crippen LogP contribution in [0.3, 0.4) is 0 Å². The molecule has 0 aliphatic carbocycles. The second-order valence-electron chi connectivity index (χ2n) is 12.0. The first-order valence-corrected chi connectivity index (χ1v) is 13.4. The number of hydrogen-bond donors (Lipinski definition) is 0. The van der Waals surface area contributed by atoms with E-state index in [0.717, 1.165) is 45.1 Å². The van der Waals surface area contributed by atoms with E-state index in [1.54, 1.807) is 0 Å². The maximum Gasteiger partial charge on any atom is 0.206 e. The zero-order chi connectivity index (χ0) is 25.2. The van der Waals surface area contributed by atoms with Gasteiger partial charge in [-0.2, -0.15) is 0 Å². The van der Waals surface area contributed by atoms with Crippen molar-refractivity contribution in [1.82, 2.24) is 24.4 Å². The molecule has 3 aromatic rings. The zero-order valence-corrected chi connectivity index (χ0v) is 22.6. The van der Waals surface area contributed by atoms with Gasteiger partial charge in [-0.1, -0.05) is 0 Å². The molecule has 3 aromatic heterocycles. The van der Waals surface area contributed by atoms with Gasteiger partial charge in [-0.3, -0.25) is 14.9 Å². The largest absolute Gasteiger partial charge is 0.361 e. The molecule has 6 heterocycles. The van der Waals surface area contributed by atoms with Crippen LogP contribution in [0.4, 0.5) is 11.6 Å². The normalized spacial score (nSPS) is 20.1. The fourth-order valence-corrected chi connectivity index (χ4v) is 6.67. The molecule has 0 aromatic carbocycles. The fraction of sp³-hybridized carbons (Fsp3) is 0.552. The summed E-state index contributed by atoms with van der Waals surface area (Å²) in [6.07, 6.45) is 11.3. The predicted molar refractivity (Wildman–Crippen MR) is 144 cm³/mol. The minimum atomic E-state index is -0.190. The van der Waals surface area contributed by atoms with Gasteiger partial charge in [-0.15, -0.1) is 0 Å². The van der Waals surface area contributed by atoms with Gasteiger partial charge >= 0.3 is 0 Å². The van der Waals surface area contributed by atoms with Crippen molar-refractivity contribution in [3.63, 3.8) is 0 Å². The molecule has 1 unspecified atom stereocenters. The number of aromatic nitrogens is 4. The van der Waals surface area contributed by atoms with Crippen LogP contribution in [0, 0.1) is 0 Å². The van der Waals surface area contributed by atoms with Crippen molar-refractivity contribution >= 4 is 11.6 Å². The molecular formula is C29H39N7. The van der Waals surface area contributed by atoms with Crippen LogP contribution in [-0.2, 0) is 25.2 Å². The molecule has 3 aliphatic rings. The van der Waals surface area contributed by atoms with Crippen LogP contribution >= 0.6 is 0 Å². The van der Waals surface area contributed by atoms with Crippen molar-refractivity contribution in [2.75, 3.05) is 22.9 Å². The van der Waals surface area contributed by atoms with Gasteiger partial charge in [0.2, 0.25) is 5.95 Å². The Hall–Kier alpha value is -2.93. The third-order valence-corrected chi connectivity index (χ3v) is 9.09. The van der Waals surface area contributed by atoms with Crippen molar-refractivity contribution in [2.45, 2.75) is 90.6 Å². The van der Waals surface area contributed by atoms with Gasteiger partial charge < -0.3 is 14.4 Å². The van der Waals surface area contributed by atoms with E-state index in [1.165, 1.54) is 28.1 Å². The summed E-state index contributed by atoms with van der Waals surface area (Å²) in [6.45, 7) is 18.9. The third-order valence-electron chi connectivity index (χ3n) is 9.09. The lowest BCUT2D eigenvalue weighted by Crippen LogP contribution is -2.53. The van der Waals surface area contributed by atoms with Crippen LogP contribution < -0.4 is 9.80 Å². The van der Waals surface area contributed by atoms with E-state index in [9.17, 15) is 0 Å². The van der Waals surface area contributed by atoms with Crippen molar-refractivity contribution in [3.05, 3.63) is 65.5 Å². The quantitative estimate of drug-likeness (QED) is 0.511. The van der Waals surface area contributed by atoms with Crippen molar-refractivity contribution in [2.24, 2.45) is 0 Å². The Bertz CT molecular complexity index is 1270. The lowest BCUT2D eigenvalue weighted by molar-refractivity contribution is 0.226. The van der Waals surface area contributed by atoms with E-state index in [4.69, 9.17) is 4.98 Å². The molecule has 1 atom stereocenters. The number of rotatable bonds is 5. The highest BCUT2D eigenvalue weighted by atomic mass is 15.4. The minimum Gasteiger partial charge on any atom is -0.361 e. The van der Waals surface area contributed by atoms with E-state index >= 15 is 0 Å². The number of fused-ring (bicyclic) bond motifs is 3. The third kappa shape index (κ3) is 3.54. The van der Waals surface area contributed by atoms with Gasteiger partial charge in [0.15, 0.2) is 0 Å². The Morgan fingerprint density at radius 3 is 2.58 bits per heavy atom. The number of pyridine rings is 2. The average Bonchev–Trinajstić information content (AvgIpc) is 3.58. The van der Waals surface area contributed by atoms with Crippen molar-refractivity contribution in [1.29, 1.82) is 0 Å². The average molecular weight is 486 g/mol. The van der Waals surface area contributed by atoms with E-state index in [1.807, 2.05) is 12.4 Å². The summed E-state index contributed by atoms with van der Waals surface area (Å²) in [5.41, 5.74) is 6.28. The number of nitrogens with zero attached hydrogens (tertiary/aromatic N) is 7. The maximum atomic E-state index is 4.93. The maximum absolute atomic E-state index is 4.93. The molecule has 0 spiro atoms. The summed E-state index contributed by atoms with van der Waals surface area (Å²) in [5.74, 6) is 1.49. The molecule has 36 heavy (non-hydrogen) atoms. The smallest absolute Gasteiger partial charge is 0.206 e. The summed E-state index contributed by atoms with van der Waals surface area (Å²) in [5, 5.41) is 0. The Morgan fingerprint density at radius 2 is 1.78 bits per heavy atom. The Labute approximate surface area is 215 Å². The predicted octanol–water partition coefficient (Wildman–Crippen LogP) is 4.92. The zero-order valence-electron chi connectivity index (χ0n) is 22.6. The molecule has 0 saturated carbocycles. The summed E-state index contributed by atoms with van der Waals surface area (Å²) >= 11 is 0. The summed E-state index contributed by atoms with van der Waals surface area (Å²) in [7, 11) is 0. The fourth-order valence-electron chi connectivity index (χ4n) is 6.67. The molecule has 0 N–H and O–H groups in total. The first-order chi connectivity index (χ1) is 17.2. The van der Waals surface area contributed by atoms with Gasteiger partial charge in [-0.05, 0) is 76.8 Å². The number of anilines is 2. The molecule has 0 fully saturated rings. The van der Waals surface area contributed by atoms with Crippen LogP contribution in [0.2, 0.25) is 0 Å². The molecule has 190 valence electrons. The highest BCUT2D eigenvalue weighted by Gasteiger charge is 2.45. The Balaban J connectivity index is 1.33. The van der Waals surface area contributed by atoms with Crippen LogP contribution in [0.1, 0.15) is 76.3 Å². The number of imidazole rings is 1. The molecule has 7 nitrogen and oxygen atoms in total. The minimum absolute atomic E-state index is 0.0542. The SMILES string of the molecule is CC(C)N1Cc2cc(C(C)(C)N3CCC(C(C)(C)N4CCn5ccnc54)c4ccncc43)cnc2C1. The van der Waals surface area contributed by atoms with Crippen LogP contribution in [0.25, 0.3) is 0 Å². The Morgan fingerprint density at radius 1 is 0.944 bits per heavy atom. The summed E-state index contributed by atoms with van der Waals surface area (Å²) in [4.78, 5) is 21.8. The van der Waals surface area contributed by atoms with Gasteiger partial charge in [0.1, 0.15) is 0 Å². The lowest BCUT2D eigenvalue weighted by atomic mass is 9.75. The second kappa shape index (κ2) is 8.30. The van der Waals surface area contributed by atoms with Gasteiger partial charge in [0.05, 0.1) is 23.1 Å². The number of hydrogen-bond acceptors (Lipinski definition) is 6. The first kappa shape index (κ1) is 23.5. The summed E-state index contributed by atoms with van der Waals surface area (Å²) in [6, 6.07) is 5.18. The van der Waals surface area contributed by atoms with E-state index in [0.29, 0.717) is 12.0 Å². The van der Waals surface area contributed by atoms with Crippen LogP contribution in [0.5, 0.6) is 0 Å². The second-order valence-corrected chi connectivity index (χ2v) is 12.0. The van der Waals surface area contributed by atoms with Crippen LogP contribution in [0.15, 0.2) is 43.1 Å². The van der Waals surface area contributed by atoms with Crippen molar-refractivity contribution < 1.29 is 0 Å². The topological polar surface area (TPSA) is 53.3 Å². The van der Waals surface area contributed by atoms with E-state index in [2.05, 4.69) is 102 Å². The molecule has 0 amide bonds. The standard InChI is InChI=1S/C29H39N7/c1-20(2)34-18-21-15-22(16-32-25(21)19-34)28(3,4)35-11-8-24(23-7-9-30-17-26(23)35)29(5,6)36-14-13-33-12-10-31-27(33)36/h7,9-10,12,15-17,20,24H,8,11,13-14,18-19H2,1-6H3. The van der Waals surface area contributed by atoms with Crippen molar-refractivity contribution in [3.8, 4) is 0 Å². The lowest BCUT2D eigenvalue weighted by Gasteiger charge is -2.50. The van der Waals surface area contributed by atoms with E-state index in [-0.39, 0.29) is 11.1 Å². The summed E-state index contributed by atoms with van der Waals surface area (Å²) < 4.78 is 2.27.